The van der Waals surface area contributed by atoms with Gasteiger partial charge in [-0.1, -0.05) is 34.1 Å². The van der Waals surface area contributed by atoms with E-state index in [1.54, 1.807) is 0 Å². The first-order valence-corrected chi connectivity index (χ1v) is 10.4. The van der Waals surface area contributed by atoms with Crippen molar-refractivity contribution in [3.63, 3.8) is 0 Å². The molecule has 146 valence electrons. The van der Waals surface area contributed by atoms with Gasteiger partial charge < -0.3 is 9.47 Å². The van der Waals surface area contributed by atoms with Crippen LogP contribution in [0.5, 0.6) is 0 Å². The maximum atomic E-state index is 12.4. The Morgan fingerprint density at radius 1 is 1.12 bits per heavy atom. The molecule has 4 heteroatoms. The average Bonchev–Trinajstić information content (AvgIpc) is 2.87. The molecule has 0 aromatic rings. The first kappa shape index (κ1) is 18.3. The summed E-state index contributed by atoms with van der Waals surface area (Å²) in [4.78, 5) is 24.3. The normalized spacial score (nSPS) is 49.4. The molecule has 0 spiro atoms. The Morgan fingerprint density at radius 2 is 1.85 bits per heavy atom. The van der Waals surface area contributed by atoms with Crippen molar-refractivity contribution in [2.24, 2.45) is 39.9 Å². The Kier molecular flexibility index (Phi) is 4.03. The van der Waals surface area contributed by atoms with Crippen molar-refractivity contribution >= 4 is 11.9 Å². The zero-order valence-electron chi connectivity index (χ0n) is 17.0. The van der Waals surface area contributed by atoms with Gasteiger partial charge in [-0.05, 0) is 54.3 Å². The molecule has 4 fully saturated rings. The van der Waals surface area contributed by atoms with Crippen molar-refractivity contribution in [3.05, 3.63) is 0 Å². The van der Waals surface area contributed by atoms with Gasteiger partial charge in [0.05, 0.1) is 12.5 Å². The number of carbonyl (C=O) groups excluding carboxylic acids is 2. The summed E-state index contributed by atoms with van der Waals surface area (Å²) in [5.41, 5.74) is 0.493. The second kappa shape index (κ2) is 5.72. The molecule has 1 saturated heterocycles. The minimum absolute atomic E-state index is 0.00780. The SMILES string of the molecule is CC(=O)O[C@@H]1C[C@H]2C(=O)OC[C@H]2[C@]2(C)CC[C@H]3C(C)(C)CCC[C@]3(C)[C@@H]12. The molecule has 26 heavy (non-hydrogen) atoms. The van der Waals surface area contributed by atoms with Crippen molar-refractivity contribution < 1.29 is 19.1 Å². The molecule has 0 unspecified atom stereocenters. The second-order valence-electron chi connectivity index (χ2n) is 10.6. The molecule has 0 amide bonds. The molecule has 3 aliphatic carbocycles. The Bertz CT molecular complexity index is 626. The highest BCUT2D eigenvalue weighted by Gasteiger charge is 2.67. The number of cyclic esters (lactones) is 1. The molecule has 7 atom stereocenters. The van der Waals surface area contributed by atoms with E-state index in [2.05, 4.69) is 27.7 Å². The van der Waals surface area contributed by atoms with Crippen LogP contribution in [0.25, 0.3) is 0 Å². The van der Waals surface area contributed by atoms with E-state index in [9.17, 15) is 9.59 Å². The number of rotatable bonds is 1. The lowest BCUT2D eigenvalue weighted by Crippen LogP contribution is -2.64. The van der Waals surface area contributed by atoms with E-state index in [4.69, 9.17) is 9.47 Å². The van der Waals surface area contributed by atoms with Gasteiger partial charge in [0.2, 0.25) is 0 Å². The van der Waals surface area contributed by atoms with Crippen molar-refractivity contribution in [2.45, 2.75) is 79.2 Å². The smallest absolute Gasteiger partial charge is 0.309 e. The standard InChI is InChI=1S/C22H34O4/c1-13(23)26-16-11-14-15(12-25-19(14)24)21(4)10-7-17-20(2,3)8-6-9-22(17,5)18(16)21/h14-18H,6-12H2,1-5H3/t14-,15-,16-,17+,18+,21+,22+/m1/s1. The lowest BCUT2D eigenvalue weighted by atomic mass is 9.38. The molecule has 0 bridgehead atoms. The number of fused-ring (bicyclic) bond motifs is 5. The fraction of sp³-hybridized carbons (Fsp3) is 0.909. The van der Waals surface area contributed by atoms with E-state index in [-0.39, 0.29) is 40.7 Å². The number of hydrogen-bond donors (Lipinski definition) is 0. The highest BCUT2D eigenvalue weighted by molar-refractivity contribution is 5.75. The number of ether oxygens (including phenoxy) is 2. The Morgan fingerprint density at radius 3 is 2.54 bits per heavy atom. The Hall–Kier alpha value is -1.06. The van der Waals surface area contributed by atoms with Gasteiger partial charge in [-0.25, -0.2) is 0 Å². The first-order chi connectivity index (χ1) is 12.1. The third-order valence-electron chi connectivity index (χ3n) is 8.88. The number of hydrogen-bond acceptors (Lipinski definition) is 4. The zero-order chi connectivity index (χ0) is 18.9. The molecule has 3 saturated carbocycles. The maximum absolute atomic E-state index is 12.4. The van der Waals surface area contributed by atoms with Crippen LogP contribution in [0, 0.1) is 39.9 Å². The van der Waals surface area contributed by atoms with Crippen LogP contribution < -0.4 is 0 Å². The van der Waals surface area contributed by atoms with Gasteiger partial charge in [0.25, 0.3) is 0 Å². The van der Waals surface area contributed by atoms with Gasteiger partial charge in [-0.15, -0.1) is 0 Å². The molecule has 0 aromatic heterocycles. The summed E-state index contributed by atoms with van der Waals surface area (Å²) >= 11 is 0. The van der Waals surface area contributed by atoms with Gasteiger partial charge in [0.15, 0.2) is 0 Å². The van der Waals surface area contributed by atoms with Crippen molar-refractivity contribution in [1.82, 2.24) is 0 Å². The molecular weight excluding hydrogens is 328 g/mol. The van der Waals surface area contributed by atoms with E-state index in [1.807, 2.05) is 0 Å². The fourth-order valence-corrected chi connectivity index (χ4v) is 8.07. The van der Waals surface area contributed by atoms with E-state index in [0.717, 1.165) is 6.42 Å². The van der Waals surface area contributed by atoms with Gasteiger partial charge in [-0.3, -0.25) is 9.59 Å². The number of esters is 2. The minimum atomic E-state index is -0.219. The summed E-state index contributed by atoms with van der Waals surface area (Å²) in [6.07, 6.45) is 6.52. The Labute approximate surface area is 157 Å². The highest BCUT2D eigenvalue weighted by atomic mass is 16.5. The summed E-state index contributed by atoms with van der Waals surface area (Å²) in [6.45, 7) is 11.7. The molecule has 0 radical (unpaired) electrons. The van der Waals surface area contributed by atoms with Crippen LogP contribution in [0.1, 0.15) is 73.1 Å². The average molecular weight is 363 g/mol. The molecule has 1 heterocycles. The Balaban J connectivity index is 1.79. The van der Waals surface area contributed by atoms with E-state index < -0.39 is 0 Å². The third-order valence-corrected chi connectivity index (χ3v) is 8.88. The van der Waals surface area contributed by atoms with Gasteiger partial charge >= 0.3 is 11.9 Å². The van der Waals surface area contributed by atoms with Crippen molar-refractivity contribution in [2.75, 3.05) is 6.61 Å². The van der Waals surface area contributed by atoms with Gasteiger partial charge in [0.1, 0.15) is 6.10 Å². The summed E-state index contributed by atoms with van der Waals surface area (Å²) in [5.74, 6) is 0.834. The molecule has 4 aliphatic rings. The summed E-state index contributed by atoms with van der Waals surface area (Å²) in [6, 6.07) is 0. The monoisotopic (exact) mass is 362 g/mol. The van der Waals surface area contributed by atoms with E-state index in [1.165, 1.54) is 32.6 Å². The first-order valence-electron chi connectivity index (χ1n) is 10.4. The molecule has 1 aliphatic heterocycles. The zero-order valence-corrected chi connectivity index (χ0v) is 17.0. The fourth-order valence-electron chi connectivity index (χ4n) is 8.07. The summed E-state index contributed by atoms with van der Waals surface area (Å²) in [5, 5.41) is 0. The quantitative estimate of drug-likeness (QED) is 0.650. The van der Waals surface area contributed by atoms with E-state index >= 15 is 0 Å². The minimum Gasteiger partial charge on any atom is -0.465 e. The van der Waals surface area contributed by atoms with Crippen LogP contribution >= 0.6 is 0 Å². The van der Waals surface area contributed by atoms with Crippen LogP contribution in [0.3, 0.4) is 0 Å². The molecule has 4 rings (SSSR count). The van der Waals surface area contributed by atoms with Crippen LogP contribution in [0.2, 0.25) is 0 Å². The highest BCUT2D eigenvalue weighted by Crippen LogP contribution is 2.70. The van der Waals surface area contributed by atoms with Crippen LogP contribution in [0.4, 0.5) is 0 Å². The summed E-state index contributed by atoms with van der Waals surface area (Å²) < 4.78 is 11.4. The third kappa shape index (κ3) is 2.39. The van der Waals surface area contributed by atoms with Gasteiger partial charge in [-0.2, -0.15) is 0 Å². The lowest BCUT2D eigenvalue weighted by molar-refractivity contribution is -0.219. The maximum Gasteiger partial charge on any atom is 0.309 e. The lowest BCUT2D eigenvalue weighted by Gasteiger charge is -2.66. The molecule has 0 N–H and O–H groups in total. The predicted octanol–water partition coefficient (Wildman–Crippen LogP) is 4.36. The molecule has 4 nitrogen and oxygen atoms in total. The van der Waals surface area contributed by atoms with Gasteiger partial charge in [0, 0.05) is 18.8 Å². The topological polar surface area (TPSA) is 52.6 Å². The molecular formula is C22H34O4. The predicted molar refractivity (Wildman–Crippen MR) is 98.2 cm³/mol. The largest absolute Gasteiger partial charge is 0.465 e. The van der Waals surface area contributed by atoms with Crippen LogP contribution in [-0.4, -0.2) is 24.6 Å². The van der Waals surface area contributed by atoms with Crippen LogP contribution in [0.15, 0.2) is 0 Å². The van der Waals surface area contributed by atoms with Crippen molar-refractivity contribution in [3.8, 4) is 0 Å². The second-order valence-corrected chi connectivity index (χ2v) is 10.6. The van der Waals surface area contributed by atoms with Crippen LogP contribution in [-0.2, 0) is 19.1 Å². The number of carbonyl (C=O) groups is 2. The van der Waals surface area contributed by atoms with E-state index in [0.29, 0.717) is 30.3 Å². The molecule has 0 aromatic carbocycles. The van der Waals surface area contributed by atoms with Crippen molar-refractivity contribution in [1.29, 1.82) is 0 Å². The summed E-state index contributed by atoms with van der Waals surface area (Å²) in [7, 11) is 0.